The summed E-state index contributed by atoms with van der Waals surface area (Å²) in [6.07, 6.45) is 1.08. The van der Waals surface area contributed by atoms with Crippen LogP contribution in [-0.4, -0.2) is 53.5 Å². The predicted octanol–water partition coefficient (Wildman–Crippen LogP) is 1.77. The Morgan fingerprint density at radius 2 is 1.90 bits per heavy atom. The molecule has 1 fully saturated rings. The molecule has 2 aliphatic rings. The van der Waals surface area contributed by atoms with Crippen molar-refractivity contribution in [2.45, 2.75) is 18.6 Å². The highest BCUT2D eigenvalue weighted by molar-refractivity contribution is 8.00. The van der Waals surface area contributed by atoms with Gasteiger partial charge in [0, 0.05) is 38.0 Å². The number of thioether (sulfide) groups is 1. The van der Waals surface area contributed by atoms with Crippen molar-refractivity contribution in [3.8, 4) is 0 Å². The second kappa shape index (κ2) is 5.77. The average molecular weight is 310 g/mol. The average Bonchev–Trinajstić information content (AvgIpc) is 2.95. The first-order chi connectivity index (χ1) is 9.66. The molecule has 1 aromatic rings. The van der Waals surface area contributed by atoms with Crippen LogP contribution < -0.4 is 0 Å². The molecule has 0 unspecified atom stereocenters. The predicted molar refractivity (Wildman–Crippen MR) is 82.1 cm³/mol. The maximum absolute atomic E-state index is 12.7. The van der Waals surface area contributed by atoms with Crippen LogP contribution in [0.5, 0.6) is 0 Å². The minimum Gasteiger partial charge on any atom is -0.339 e. The summed E-state index contributed by atoms with van der Waals surface area (Å²) in [4.78, 5) is 29.1. The van der Waals surface area contributed by atoms with Crippen LogP contribution in [0.4, 0.5) is 0 Å². The van der Waals surface area contributed by atoms with E-state index in [9.17, 15) is 9.59 Å². The Labute approximate surface area is 127 Å². The third kappa shape index (κ3) is 2.59. The summed E-state index contributed by atoms with van der Waals surface area (Å²) < 4.78 is 0. The molecule has 0 radical (unpaired) electrons. The molecule has 2 aliphatic heterocycles. The number of piperazine rings is 1. The molecule has 0 aromatic carbocycles. The molecule has 3 heterocycles. The molecule has 1 atom stereocenters. The van der Waals surface area contributed by atoms with Crippen molar-refractivity contribution >= 4 is 34.9 Å². The Kier molecular flexibility index (Phi) is 4.03. The lowest BCUT2D eigenvalue weighted by molar-refractivity contribution is -0.138. The Hall–Kier alpha value is -1.01. The Balaban J connectivity index is 1.68. The zero-order valence-electron chi connectivity index (χ0n) is 11.5. The fourth-order valence-corrected chi connectivity index (χ4v) is 5.13. The van der Waals surface area contributed by atoms with Crippen molar-refractivity contribution in [3.05, 3.63) is 21.9 Å². The van der Waals surface area contributed by atoms with E-state index in [1.54, 1.807) is 30.0 Å². The standard InChI is InChI=1S/C14H18N2O2S2/c1-10(17)15-4-6-16(7-5-15)14(18)13-11-2-8-19-12(11)3-9-20-13/h2,8,13H,3-7,9H2,1H3/t13-/m0/s1. The van der Waals surface area contributed by atoms with Crippen molar-refractivity contribution in [2.24, 2.45) is 0 Å². The van der Waals surface area contributed by atoms with Crippen molar-refractivity contribution < 1.29 is 9.59 Å². The van der Waals surface area contributed by atoms with Crippen molar-refractivity contribution in [3.63, 3.8) is 0 Å². The van der Waals surface area contributed by atoms with E-state index >= 15 is 0 Å². The second-order valence-corrected chi connectivity index (χ2v) is 7.34. The first kappa shape index (κ1) is 13.9. The van der Waals surface area contributed by atoms with Crippen LogP contribution in [0.15, 0.2) is 11.4 Å². The zero-order chi connectivity index (χ0) is 14.1. The fourth-order valence-electron chi connectivity index (χ4n) is 2.76. The zero-order valence-corrected chi connectivity index (χ0v) is 13.1. The molecule has 3 rings (SSSR count). The van der Waals surface area contributed by atoms with E-state index in [1.165, 1.54) is 10.4 Å². The van der Waals surface area contributed by atoms with Gasteiger partial charge in [-0.2, -0.15) is 0 Å². The molecule has 4 nitrogen and oxygen atoms in total. The fraction of sp³-hybridized carbons (Fsp3) is 0.571. The Morgan fingerprint density at radius 1 is 1.20 bits per heavy atom. The molecule has 108 valence electrons. The maximum Gasteiger partial charge on any atom is 0.240 e. The van der Waals surface area contributed by atoms with Gasteiger partial charge in [-0.15, -0.1) is 23.1 Å². The molecule has 6 heteroatoms. The number of amides is 2. The van der Waals surface area contributed by atoms with Gasteiger partial charge in [0.2, 0.25) is 11.8 Å². The highest BCUT2D eigenvalue weighted by Gasteiger charge is 2.33. The lowest BCUT2D eigenvalue weighted by atomic mass is 10.1. The third-order valence-electron chi connectivity index (χ3n) is 3.94. The van der Waals surface area contributed by atoms with Gasteiger partial charge in [0.15, 0.2) is 0 Å². The van der Waals surface area contributed by atoms with E-state index in [1.807, 2.05) is 9.80 Å². The maximum atomic E-state index is 12.7. The van der Waals surface area contributed by atoms with E-state index in [0.29, 0.717) is 26.2 Å². The minimum atomic E-state index is -0.0334. The number of rotatable bonds is 1. The minimum absolute atomic E-state index is 0.0334. The molecule has 0 bridgehead atoms. The second-order valence-electron chi connectivity index (χ2n) is 5.13. The number of hydrogen-bond acceptors (Lipinski definition) is 4. The molecule has 1 aromatic heterocycles. The smallest absolute Gasteiger partial charge is 0.240 e. The summed E-state index contributed by atoms with van der Waals surface area (Å²) in [5.41, 5.74) is 1.21. The molecule has 0 spiro atoms. The summed E-state index contributed by atoms with van der Waals surface area (Å²) >= 11 is 3.51. The molecule has 2 amide bonds. The first-order valence-electron chi connectivity index (χ1n) is 6.89. The number of thiophene rings is 1. The van der Waals surface area contributed by atoms with Crippen LogP contribution in [0.1, 0.15) is 22.6 Å². The highest BCUT2D eigenvalue weighted by Crippen LogP contribution is 2.40. The van der Waals surface area contributed by atoms with Crippen LogP contribution in [0.3, 0.4) is 0 Å². The summed E-state index contributed by atoms with van der Waals surface area (Å²) in [6.45, 7) is 4.24. The van der Waals surface area contributed by atoms with Gasteiger partial charge in [0.1, 0.15) is 5.25 Å². The Bertz CT molecular complexity index is 521. The first-order valence-corrected chi connectivity index (χ1v) is 8.82. The van der Waals surface area contributed by atoms with Crippen LogP contribution in [0.25, 0.3) is 0 Å². The summed E-state index contributed by atoms with van der Waals surface area (Å²) in [5, 5.41) is 2.05. The van der Waals surface area contributed by atoms with Crippen molar-refractivity contribution in [2.75, 3.05) is 31.9 Å². The largest absolute Gasteiger partial charge is 0.339 e. The van der Waals surface area contributed by atoms with E-state index in [-0.39, 0.29) is 17.1 Å². The summed E-state index contributed by atoms with van der Waals surface area (Å²) in [5.74, 6) is 1.35. The van der Waals surface area contributed by atoms with Crippen LogP contribution in [-0.2, 0) is 16.0 Å². The Morgan fingerprint density at radius 3 is 2.60 bits per heavy atom. The van der Waals surface area contributed by atoms with Gasteiger partial charge in [-0.1, -0.05) is 0 Å². The van der Waals surface area contributed by atoms with E-state index in [4.69, 9.17) is 0 Å². The van der Waals surface area contributed by atoms with Gasteiger partial charge in [0.25, 0.3) is 0 Å². The lowest BCUT2D eigenvalue weighted by Crippen LogP contribution is -2.51. The van der Waals surface area contributed by atoms with Gasteiger partial charge < -0.3 is 9.80 Å². The monoisotopic (exact) mass is 310 g/mol. The van der Waals surface area contributed by atoms with Gasteiger partial charge >= 0.3 is 0 Å². The topological polar surface area (TPSA) is 40.6 Å². The normalized spacial score (nSPS) is 22.6. The summed E-state index contributed by atoms with van der Waals surface area (Å²) in [7, 11) is 0. The van der Waals surface area contributed by atoms with Crippen molar-refractivity contribution in [1.82, 2.24) is 9.80 Å². The number of carbonyl (C=O) groups is 2. The van der Waals surface area contributed by atoms with Gasteiger partial charge in [-0.25, -0.2) is 0 Å². The molecule has 0 N–H and O–H groups in total. The number of aryl methyl sites for hydroxylation is 1. The quantitative estimate of drug-likeness (QED) is 0.794. The van der Waals surface area contributed by atoms with Crippen molar-refractivity contribution in [1.29, 1.82) is 0 Å². The van der Waals surface area contributed by atoms with E-state index in [2.05, 4.69) is 11.4 Å². The summed E-state index contributed by atoms with van der Waals surface area (Å²) in [6, 6.07) is 2.10. The lowest BCUT2D eigenvalue weighted by Gasteiger charge is -2.36. The molecular weight excluding hydrogens is 292 g/mol. The molecule has 1 saturated heterocycles. The van der Waals surface area contributed by atoms with Crippen LogP contribution in [0, 0.1) is 0 Å². The van der Waals surface area contributed by atoms with Crippen LogP contribution >= 0.6 is 23.1 Å². The molecule has 0 saturated carbocycles. The van der Waals surface area contributed by atoms with Gasteiger partial charge in [-0.05, 0) is 29.2 Å². The number of hydrogen-bond donors (Lipinski definition) is 0. The SMILES string of the molecule is CC(=O)N1CCN(C(=O)[C@H]2SCCc3sccc32)CC1. The molecular formula is C14H18N2O2S2. The molecule has 0 aliphatic carbocycles. The van der Waals surface area contributed by atoms with E-state index < -0.39 is 0 Å². The van der Waals surface area contributed by atoms with Gasteiger partial charge in [0.05, 0.1) is 0 Å². The number of nitrogens with zero attached hydrogens (tertiary/aromatic N) is 2. The van der Waals surface area contributed by atoms with Crippen LogP contribution in [0.2, 0.25) is 0 Å². The number of carbonyl (C=O) groups excluding carboxylic acids is 2. The van der Waals surface area contributed by atoms with Gasteiger partial charge in [-0.3, -0.25) is 9.59 Å². The van der Waals surface area contributed by atoms with E-state index in [0.717, 1.165) is 12.2 Å². The molecule has 20 heavy (non-hydrogen) atoms. The highest BCUT2D eigenvalue weighted by atomic mass is 32.2. The number of fused-ring (bicyclic) bond motifs is 1. The third-order valence-corrected chi connectivity index (χ3v) is 6.16.